The summed E-state index contributed by atoms with van der Waals surface area (Å²) in [7, 11) is 0. The summed E-state index contributed by atoms with van der Waals surface area (Å²) < 4.78 is 5.35. The third kappa shape index (κ3) is 5.65. The molecule has 0 radical (unpaired) electrons. The number of aliphatic hydroxyl groups excluding tert-OH is 1. The van der Waals surface area contributed by atoms with Crippen molar-refractivity contribution in [2.45, 2.75) is 19.1 Å². The second kappa shape index (κ2) is 7.55. The largest absolute Gasteiger partial charge is 0.489 e. The first-order chi connectivity index (χ1) is 8.90. The number of nitrogens with two attached hydrogens (primary N) is 1. The van der Waals surface area contributed by atoms with Gasteiger partial charge < -0.3 is 20.9 Å². The van der Waals surface area contributed by atoms with E-state index in [1.54, 1.807) is 25.1 Å². The van der Waals surface area contributed by atoms with Crippen LogP contribution in [0.15, 0.2) is 18.2 Å². The van der Waals surface area contributed by atoms with E-state index in [1.807, 2.05) is 0 Å². The molecule has 7 heteroatoms. The molecule has 5 nitrogen and oxygen atoms in total. The molecule has 0 saturated heterocycles. The molecule has 106 valence electrons. The zero-order chi connectivity index (χ0) is 14.4. The lowest BCUT2D eigenvalue weighted by atomic mass is 10.3. The molecule has 0 heterocycles. The highest BCUT2D eigenvalue weighted by atomic mass is 35.5. The van der Waals surface area contributed by atoms with Crippen molar-refractivity contribution in [3.63, 3.8) is 0 Å². The minimum Gasteiger partial charge on any atom is -0.489 e. The van der Waals surface area contributed by atoms with E-state index in [0.29, 0.717) is 15.8 Å². The number of rotatable bonds is 7. The number of benzene rings is 1. The fourth-order valence-corrected chi connectivity index (χ4v) is 1.71. The number of ether oxygens (including phenoxy) is 1. The molecule has 0 aliphatic heterocycles. The monoisotopic (exact) mass is 306 g/mol. The van der Waals surface area contributed by atoms with Gasteiger partial charge in [-0.1, -0.05) is 23.2 Å². The topological polar surface area (TPSA) is 84.6 Å². The predicted molar refractivity (Wildman–Crippen MR) is 74.6 cm³/mol. The Kier molecular flexibility index (Phi) is 6.37. The van der Waals surface area contributed by atoms with Crippen LogP contribution in [-0.4, -0.2) is 36.3 Å². The molecule has 1 amide bonds. The van der Waals surface area contributed by atoms with Gasteiger partial charge in [-0.25, -0.2) is 0 Å². The van der Waals surface area contributed by atoms with E-state index in [4.69, 9.17) is 33.7 Å². The van der Waals surface area contributed by atoms with Crippen LogP contribution in [0.2, 0.25) is 10.0 Å². The molecule has 0 spiro atoms. The van der Waals surface area contributed by atoms with E-state index in [9.17, 15) is 9.90 Å². The maximum absolute atomic E-state index is 10.8. The van der Waals surface area contributed by atoms with Gasteiger partial charge in [0.1, 0.15) is 18.5 Å². The van der Waals surface area contributed by atoms with Crippen molar-refractivity contribution in [1.82, 2.24) is 5.32 Å². The van der Waals surface area contributed by atoms with Gasteiger partial charge in [-0.15, -0.1) is 0 Å². The molecule has 1 aromatic carbocycles. The number of carbonyl (C=O) groups is 1. The standard InChI is InChI=1S/C12H16Cl2N2O3/c1-7(12(15)18)16-5-9(17)6-19-11-3-2-8(13)4-10(11)14/h2-4,7,9,16-17H,5-6H2,1H3,(H2,15,18). The number of hydrogen-bond donors (Lipinski definition) is 3. The van der Waals surface area contributed by atoms with Gasteiger partial charge >= 0.3 is 0 Å². The number of carbonyl (C=O) groups excluding carboxylic acids is 1. The second-order valence-corrected chi connectivity index (χ2v) is 4.92. The third-order valence-corrected chi connectivity index (χ3v) is 2.94. The predicted octanol–water partition coefficient (Wildman–Crippen LogP) is 1.20. The molecule has 19 heavy (non-hydrogen) atoms. The van der Waals surface area contributed by atoms with E-state index >= 15 is 0 Å². The van der Waals surface area contributed by atoms with Gasteiger partial charge in [0.05, 0.1) is 11.1 Å². The molecule has 0 saturated carbocycles. The molecule has 4 N–H and O–H groups in total. The summed E-state index contributed by atoms with van der Waals surface area (Å²) in [6.45, 7) is 1.85. The van der Waals surface area contributed by atoms with E-state index in [1.165, 1.54) is 0 Å². The molecule has 2 atom stereocenters. The fourth-order valence-electron chi connectivity index (χ4n) is 1.25. The van der Waals surface area contributed by atoms with Gasteiger partial charge in [0, 0.05) is 11.6 Å². The molecule has 2 unspecified atom stereocenters. The molecular weight excluding hydrogens is 291 g/mol. The lowest BCUT2D eigenvalue weighted by molar-refractivity contribution is -0.119. The lowest BCUT2D eigenvalue weighted by Gasteiger charge is -2.16. The molecule has 0 aromatic heterocycles. The summed E-state index contributed by atoms with van der Waals surface area (Å²) >= 11 is 11.7. The molecule has 0 aliphatic carbocycles. The summed E-state index contributed by atoms with van der Waals surface area (Å²) in [6, 6.07) is 4.31. The first-order valence-corrected chi connectivity index (χ1v) is 6.44. The highest BCUT2D eigenvalue weighted by Crippen LogP contribution is 2.27. The van der Waals surface area contributed by atoms with Crippen LogP contribution in [0.3, 0.4) is 0 Å². The molecule has 0 bridgehead atoms. The van der Waals surface area contributed by atoms with Crippen molar-refractivity contribution in [3.05, 3.63) is 28.2 Å². The summed E-state index contributed by atoms with van der Waals surface area (Å²) in [5.41, 5.74) is 5.08. The zero-order valence-corrected chi connectivity index (χ0v) is 11.9. The number of aliphatic hydroxyl groups is 1. The van der Waals surface area contributed by atoms with E-state index in [0.717, 1.165) is 0 Å². The van der Waals surface area contributed by atoms with Gasteiger partial charge in [0.25, 0.3) is 0 Å². The van der Waals surface area contributed by atoms with E-state index in [2.05, 4.69) is 5.32 Å². The zero-order valence-electron chi connectivity index (χ0n) is 10.4. The van der Waals surface area contributed by atoms with Gasteiger partial charge in [-0.2, -0.15) is 0 Å². The maximum Gasteiger partial charge on any atom is 0.234 e. The van der Waals surface area contributed by atoms with Crippen LogP contribution in [0, 0.1) is 0 Å². The van der Waals surface area contributed by atoms with Crippen LogP contribution in [0.5, 0.6) is 5.75 Å². The second-order valence-electron chi connectivity index (χ2n) is 4.07. The molecule has 1 aromatic rings. The quantitative estimate of drug-likeness (QED) is 0.706. The van der Waals surface area contributed by atoms with Crippen LogP contribution < -0.4 is 15.8 Å². The van der Waals surface area contributed by atoms with Crippen LogP contribution >= 0.6 is 23.2 Å². The highest BCUT2D eigenvalue weighted by molar-refractivity contribution is 6.35. The van der Waals surface area contributed by atoms with Crippen molar-refractivity contribution in [2.24, 2.45) is 5.73 Å². The number of halogens is 2. The Morgan fingerprint density at radius 3 is 2.79 bits per heavy atom. The fraction of sp³-hybridized carbons (Fsp3) is 0.417. The summed E-state index contributed by atoms with van der Waals surface area (Å²) in [5, 5.41) is 13.3. The minimum absolute atomic E-state index is 0.0415. The van der Waals surface area contributed by atoms with Crippen molar-refractivity contribution < 1.29 is 14.6 Å². The first-order valence-electron chi connectivity index (χ1n) is 5.68. The Hall–Kier alpha value is -1.01. The first kappa shape index (κ1) is 16.0. The highest BCUT2D eigenvalue weighted by Gasteiger charge is 2.12. The summed E-state index contributed by atoms with van der Waals surface area (Å²) in [6.07, 6.45) is -0.784. The lowest BCUT2D eigenvalue weighted by Crippen LogP contribution is -2.43. The van der Waals surface area contributed by atoms with Crippen LogP contribution in [0.1, 0.15) is 6.92 Å². The van der Waals surface area contributed by atoms with Crippen LogP contribution in [0.4, 0.5) is 0 Å². The summed E-state index contributed by atoms with van der Waals surface area (Å²) in [4.78, 5) is 10.8. The number of hydrogen-bond acceptors (Lipinski definition) is 4. The van der Waals surface area contributed by atoms with Crippen molar-refractivity contribution in [2.75, 3.05) is 13.2 Å². The van der Waals surface area contributed by atoms with Crippen molar-refractivity contribution in [3.8, 4) is 5.75 Å². The van der Waals surface area contributed by atoms with Crippen LogP contribution in [-0.2, 0) is 4.79 Å². The van der Waals surface area contributed by atoms with Gasteiger partial charge in [-0.3, -0.25) is 4.79 Å². The van der Waals surface area contributed by atoms with E-state index in [-0.39, 0.29) is 13.2 Å². The number of nitrogens with one attached hydrogen (secondary N) is 1. The average Bonchev–Trinajstić information content (AvgIpc) is 2.34. The SMILES string of the molecule is CC(NCC(O)COc1ccc(Cl)cc1Cl)C(N)=O. The summed E-state index contributed by atoms with van der Waals surface area (Å²) in [5.74, 6) is -0.0399. The van der Waals surface area contributed by atoms with Gasteiger partial charge in [0.2, 0.25) is 5.91 Å². The molecule has 0 fully saturated rings. The van der Waals surface area contributed by atoms with Crippen LogP contribution in [0.25, 0.3) is 0 Å². The maximum atomic E-state index is 10.8. The third-order valence-electron chi connectivity index (χ3n) is 2.41. The Morgan fingerprint density at radius 1 is 1.53 bits per heavy atom. The van der Waals surface area contributed by atoms with Gasteiger partial charge in [0.15, 0.2) is 0 Å². The smallest absolute Gasteiger partial charge is 0.234 e. The van der Waals surface area contributed by atoms with Gasteiger partial charge in [-0.05, 0) is 25.1 Å². The normalized spacial score (nSPS) is 13.9. The molecule has 0 aliphatic rings. The van der Waals surface area contributed by atoms with Crippen molar-refractivity contribution >= 4 is 29.1 Å². The molecule has 1 rings (SSSR count). The Bertz CT molecular complexity index is 443. The number of primary amides is 1. The Morgan fingerprint density at radius 2 is 2.21 bits per heavy atom. The number of amides is 1. The molecular formula is C12H16Cl2N2O3. The Balaban J connectivity index is 2.37. The minimum atomic E-state index is -0.784. The van der Waals surface area contributed by atoms with E-state index < -0.39 is 18.1 Å². The van der Waals surface area contributed by atoms with Crippen molar-refractivity contribution in [1.29, 1.82) is 0 Å². The average molecular weight is 307 g/mol. The Labute approximate surface area is 121 Å².